The van der Waals surface area contributed by atoms with Crippen molar-refractivity contribution in [2.24, 2.45) is 5.92 Å². The van der Waals surface area contributed by atoms with Crippen LogP contribution < -0.4 is 0 Å². The molecule has 0 saturated heterocycles. The number of ketones is 1. The second-order valence-corrected chi connectivity index (χ2v) is 4.38. The molecule has 1 rings (SSSR count). The SMILES string of the molecule is COC(=O)C[C@@H](C)CC(=O)c1ccc(C)cc1. The summed E-state index contributed by atoms with van der Waals surface area (Å²) in [6.45, 7) is 3.86. The first-order valence-electron chi connectivity index (χ1n) is 5.69. The number of rotatable bonds is 5. The highest BCUT2D eigenvalue weighted by Crippen LogP contribution is 2.14. The van der Waals surface area contributed by atoms with Gasteiger partial charge < -0.3 is 4.74 Å². The van der Waals surface area contributed by atoms with E-state index in [-0.39, 0.29) is 24.1 Å². The number of ether oxygens (including phenoxy) is 1. The van der Waals surface area contributed by atoms with E-state index >= 15 is 0 Å². The van der Waals surface area contributed by atoms with Gasteiger partial charge in [-0.1, -0.05) is 36.8 Å². The molecule has 1 atom stereocenters. The zero-order chi connectivity index (χ0) is 12.8. The van der Waals surface area contributed by atoms with Crippen LogP contribution in [0.4, 0.5) is 0 Å². The molecule has 0 bridgehead atoms. The molecule has 0 amide bonds. The van der Waals surface area contributed by atoms with E-state index in [1.807, 2.05) is 38.1 Å². The number of hydrogen-bond donors (Lipinski definition) is 0. The van der Waals surface area contributed by atoms with Gasteiger partial charge in [-0.25, -0.2) is 0 Å². The Morgan fingerprint density at radius 3 is 2.29 bits per heavy atom. The number of carbonyl (C=O) groups excluding carboxylic acids is 2. The standard InChI is InChI=1S/C14H18O3/c1-10-4-6-12(7-5-10)13(15)8-11(2)9-14(16)17-3/h4-7,11H,8-9H2,1-3H3/t11-/m0/s1. The lowest BCUT2D eigenvalue weighted by Gasteiger charge is -2.09. The van der Waals surface area contributed by atoms with Crippen LogP contribution in [0.3, 0.4) is 0 Å². The summed E-state index contributed by atoms with van der Waals surface area (Å²) in [5.41, 5.74) is 1.83. The first kappa shape index (κ1) is 13.4. The van der Waals surface area contributed by atoms with Gasteiger partial charge in [0.25, 0.3) is 0 Å². The molecule has 0 aliphatic carbocycles. The predicted molar refractivity (Wildman–Crippen MR) is 65.9 cm³/mol. The lowest BCUT2D eigenvalue weighted by molar-refractivity contribution is -0.141. The minimum atomic E-state index is -0.269. The van der Waals surface area contributed by atoms with E-state index in [0.717, 1.165) is 5.56 Å². The van der Waals surface area contributed by atoms with Gasteiger partial charge in [-0.3, -0.25) is 9.59 Å². The third-order valence-electron chi connectivity index (χ3n) is 2.65. The Morgan fingerprint density at radius 1 is 1.18 bits per heavy atom. The highest BCUT2D eigenvalue weighted by atomic mass is 16.5. The average Bonchev–Trinajstić information content (AvgIpc) is 2.29. The van der Waals surface area contributed by atoms with Gasteiger partial charge in [-0.05, 0) is 12.8 Å². The second-order valence-electron chi connectivity index (χ2n) is 4.38. The van der Waals surface area contributed by atoms with Crippen molar-refractivity contribution in [1.82, 2.24) is 0 Å². The van der Waals surface area contributed by atoms with Gasteiger partial charge in [-0.2, -0.15) is 0 Å². The van der Waals surface area contributed by atoms with Crippen LogP contribution in [0.1, 0.15) is 35.7 Å². The van der Waals surface area contributed by atoms with Gasteiger partial charge in [0.15, 0.2) is 5.78 Å². The molecular weight excluding hydrogens is 216 g/mol. The van der Waals surface area contributed by atoms with Crippen LogP contribution in [0.25, 0.3) is 0 Å². The highest BCUT2D eigenvalue weighted by Gasteiger charge is 2.14. The molecule has 0 N–H and O–H groups in total. The molecule has 0 spiro atoms. The number of hydrogen-bond acceptors (Lipinski definition) is 3. The number of esters is 1. The molecule has 0 heterocycles. The normalized spacial score (nSPS) is 11.9. The molecule has 0 saturated carbocycles. The van der Waals surface area contributed by atoms with Crippen molar-refractivity contribution in [3.05, 3.63) is 35.4 Å². The van der Waals surface area contributed by atoms with E-state index in [1.54, 1.807) is 0 Å². The van der Waals surface area contributed by atoms with Gasteiger partial charge in [-0.15, -0.1) is 0 Å². The lowest BCUT2D eigenvalue weighted by atomic mass is 9.97. The summed E-state index contributed by atoms with van der Waals surface area (Å²) in [6.07, 6.45) is 0.659. The van der Waals surface area contributed by atoms with E-state index < -0.39 is 0 Å². The Hall–Kier alpha value is -1.64. The van der Waals surface area contributed by atoms with Crippen molar-refractivity contribution in [3.8, 4) is 0 Å². The summed E-state index contributed by atoms with van der Waals surface area (Å²) in [5, 5.41) is 0. The summed E-state index contributed by atoms with van der Waals surface area (Å²) in [4.78, 5) is 22.9. The van der Waals surface area contributed by atoms with E-state index in [2.05, 4.69) is 4.74 Å². The summed E-state index contributed by atoms with van der Waals surface area (Å²) < 4.78 is 4.57. The molecule has 1 aromatic carbocycles. The molecule has 1 aromatic rings. The number of aryl methyl sites for hydroxylation is 1. The van der Waals surface area contributed by atoms with Crippen LogP contribution in [0, 0.1) is 12.8 Å². The van der Waals surface area contributed by atoms with Gasteiger partial charge in [0.2, 0.25) is 0 Å². The summed E-state index contributed by atoms with van der Waals surface area (Å²) in [7, 11) is 1.36. The van der Waals surface area contributed by atoms with Crippen LogP contribution in [-0.4, -0.2) is 18.9 Å². The Morgan fingerprint density at radius 2 is 1.76 bits per heavy atom. The Labute approximate surface area is 102 Å². The molecule has 0 fully saturated rings. The molecule has 17 heavy (non-hydrogen) atoms. The first-order chi connectivity index (χ1) is 8.02. The second kappa shape index (κ2) is 6.18. The minimum absolute atomic E-state index is 0.0104. The fourth-order valence-corrected chi connectivity index (χ4v) is 1.61. The zero-order valence-corrected chi connectivity index (χ0v) is 10.5. The third-order valence-corrected chi connectivity index (χ3v) is 2.65. The average molecular weight is 234 g/mol. The van der Waals surface area contributed by atoms with Crippen molar-refractivity contribution < 1.29 is 14.3 Å². The van der Waals surface area contributed by atoms with Crippen molar-refractivity contribution in [2.45, 2.75) is 26.7 Å². The molecular formula is C14H18O3. The minimum Gasteiger partial charge on any atom is -0.469 e. The molecule has 0 aromatic heterocycles. The lowest BCUT2D eigenvalue weighted by Crippen LogP contribution is -2.11. The van der Waals surface area contributed by atoms with Gasteiger partial charge >= 0.3 is 5.97 Å². The van der Waals surface area contributed by atoms with Crippen molar-refractivity contribution in [1.29, 1.82) is 0 Å². The number of Topliss-reactive ketones (excluding diaryl/α,β-unsaturated/α-hetero) is 1. The van der Waals surface area contributed by atoms with Crippen LogP contribution in [0.5, 0.6) is 0 Å². The Balaban J connectivity index is 2.54. The van der Waals surface area contributed by atoms with E-state index in [4.69, 9.17) is 0 Å². The Kier molecular flexibility index (Phi) is 4.88. The van der Waals surface area contributed by atoms with Crippen LogP contribution in [0.15, 0.2) is 24.3 Å². The van der Waals surface area contributed by atoms with E-state index in [0.29, 0.717) is 12.0 Å². The molecule has 3 heteroatoms. The smallest absolute Gasteiger partial charge is 0.305 e. The third kappa shape index (κ3) is 4.39. The van der Waals surface area contributed by atoms with E-state index in [1.165, 1.54) is 7.11 Å². The van der Waals surface area contributed by atoms with Crippen molar-refractivity contribution in [2.75, 3.05) is 7.11 Å². The Bertz CT molecular complexity index is 392. The maximum atomic E-state index is 11.9. The van der Waals surface area contributed by atoms with Crippen LogP contribution in [-0.2, 0) is 9.53 Å². The fraction of sp³-hybridized carbons (Fsp3) is 0.429. The van der Waals surface area contributed by atoms with Crippen molar-refractivity contribution in [3.63, 3.8) is 0 Å². The predicted octanol–water partition coefficient (Wildman–Crippen LogP) is 2.77. The quantitative estimate of drug-likeness (QED) is 0.581. The monoisotopic (exact) mass is 234 g/mol. The molecule has 0 aliphatic rings. The van der Waals surface area contributed by atoms with Crippen LogP contribution >= 0.6 is 0 Å². The molecule has 92 valence electrons. The van der Waals surface area contributed by atoms with Crippen LogP contribution in [0.2, 0.25) is 0 Å². The molecule has 0 radical (unpaired) electrons. The van der Waals surface area contributed by atoms with Gasteiger partial charge in [0.1, 0.15) is 0 Å². The number of methoxy groups -OCH3 is 1. The largest absolute Gasteiger partial charge is 0.469 e. The maximum absolute atomic E-state index is 11.9. The topological polar surface area (TPSA) is 43.4 Å². The van der Waals surface area contributed by atoms with Gasteiger partial charge in [0, 0.05) is 18.4 Å². The summed E-state index contributed by atoms with van der Waals surface area (Å²) in [5.74, 6) is -0.188. The molecule has 3 nitrogen and oxygen atoms in total. The molecule has 0 aliphatic heterocycles. The number of carbonyl (C=O) groups is 2. The zero-order valence-electron chi connectivity index (χ0n) is 10.5. The van der Waals surface area contributed by atoms with Crippen molar-refractivity contribution >= 4 is 11.8 Å². The number of benzene rings is 1. The fourth-order valence-electron chi connectivity index (χ4n) is 1.61. The maximum Gasteiger partial charge on any atom is 0.305 e. The highest BCUT2D eigenvalue weighted by molar-refractivity contribution is 5.96. The summed E-state index contributed by atoms with van der Waals surface area (Å²) in [6, 6.07) is 7.47. The van der Waals surface area contributed by atoms with Gasteiger partial charge in [0.05, 0.1) is 7.11 Å². The van der Waals surface area contributed by atoms with E-state index in [9.17, 15) is 9.59 Å². The first-order valence-corrected chi connectivity index (χ1v) is 5.69. The summed E-state index contributed by atoms with van der Waals surface area (Å²) >= 11 is 0. The molecule has 0 unspecified atom stereocenters.